The highest BCUT2D eigenvalue weighted by Crippen LogP contribution is 2.43. The molecule has 0 saturated heterocycles. The predicted octanol–water partition coefficient (Wildman–Crippen LogP) is 7.38. The number of phosphoric acid groups is 1. The van der Waals surface area contributed by atoms with Crippen molar-refractivity contribution in [1.29, 1.82) is 0 Å². The molecule has 0 heterocycles. The molecule has 46 heavy (non-hydrogen) atoms. The Morgan fingerprint density at radius 3 is 1.43 bits per heavy atom. The third kappa shape index (κ3) is 32.9. The van der Waals surface area contributed by atoms with Crippen molar-refractivity contribution in [1.82, 2.24) is 0 Å². The van der Waals surface area contributed by atoms with Gasteiger partial charge in [-0.1, -0.05) is 89.9 Å². The molecule has 11 nitrogen and oxygen atoms in total. The average Bonchev–Trinajstić information content (AvgIpc) is 2.99. The number of carbonyl (C=O) groups excluding carboxylic acids is 2. The molecule has 1 unspecified atom stereocenters. The highest BCUT2D eigenvalue weighted by Gasteiger charge is 2.27. The van der Waals surface area contributed by atoms with Crippen molar-refractivity contribution < 1.29 is 51.5 Å². The zero-order valence-electron chi connectivity index (χ0n) is 30.0. The number of carbonyl (C=O) groups is 2. The van der Waals surface area contributed by atoms with Crippen LogP contribution < -0.4 is 0 Å². The molecule has 0 aromatic heterocycles. The maximum absolute atomic E-state index is 12.6. The van der Waals surface area contributed by atoms with Crippen LogP contribution in [-0.2, 0) is 42.1 Å². The summed E-state index contributed by atoms with van der Waals surface area (Å²) in [6, 6.07) is 0. The Labute approximate surface area is 280 Å². The van der Waals surface area contributed by atoms with E-state index in [9.17, 15) is 19.0 Å². The lowest BCUT2D eigenvalue weighted by Gasteiger charge is -2.24. The Bertz CT molecular complexity index is 778. The zero-order chi connectivity index (χ0) is 34.4. The number of rotatable bonds is 34. The van der Waals surface area contributed by atoms with Gasteiger partial charge in [-0.2, -0.15) is 0 Å². The number of nitrogens with zero attached hydrogens (tertiary/aromatic N) is 1. The van der Waals surface area contributed by atoms with E-state index in [0.717, 1.165) is 71.0 Å². The van der Waals surface area contributed by atoms with Gasteiger partial charge in [-0.25, -0.2) is 4.57 Å². The number of ether oxygens (including phenoxy) is 4. The van der Waals surface area contributed by atoms with Crippen LogP contribution in [0.25, 0.3) is 0 Å². The monoisotopic (exact) mass is 682 g/mol. The minimum Gasteiger partial charge on any atom is -0.462 e. The summed E-state index contributed by atoms with van der Waals surface area (Å²) in [5.74, 6) is -0.829. The van der Waals surface area contributed by atoms with Gasteiger partial charge in [-0.05, 0) is 25.7 Å². The number of hydrogen-bond acceptors (Lipinski definition) is 9. The van der Waals surface area contributed by atoms with Crippen LogP contribution in [0.4, 0.5) is 0 Å². The molecule has 0 aromatic rings. The minimum atomic E-state index is -4.37. The quantitative estimate of drug-likeness (QED) is 0.0318. The summed E-state index contributed by atoms with van der Waals surface area (Å²) in [6.45, 7) is 1.54. The Hall–Kier alpha value is -1.07. The predicted molar refractivity (Wildman–Crippen MR) is 182 cm³/mol. The van der Waals surface area contributed by atoms with Crippen LogP contribution in [0, 0.1) is 0 Å². The van der Waals surface area contributed by atoms with E-state index < -0.39 is 26.5 Å². The van der Waals surface area contributed by atoms with Crippen molar-refractivity contribution in [2.24, 2.45) is 0 Å². The van der Waals surface area contributed by atoms with Gasteiger partial charge in [-0.15, -0.1) is 0 Å². The molecule has 0 aliphatic heterocycles. The van der Waals surface area contributed by atoms with Crippen molar-refractivity contribution in [2.75, 3.05) is 74.9 Å². The summed E-state index contributed by atoms with van der Waals surface area (Å²) in [5.41, 5.74) is 0. The van der Waals surface area contributed by atoms with Crippen LogP contribution >= 0.6 is 7.82 Å². The van der Waals surface area contributed by atoms with E-state index >= 15 is 0 Å². The van der Waals surface area contributed by atoms with E-state index in [1.54, 1.807) is 14.2 Å². The number of quaternary nitrogens is 1. The molecule has 12 heteroatoms. The van der Waals surface area contributed by atoms with E-state index in [0.29, 0.717) is 17.4 Å². The molecule has 1 N–H and O–H groups in total. The number of methoxy groups -OCH3 is 2. The Morgan fingerprint density at radius 1 is 0.587 bits per heavy atom. The van der Waals surface area contributed by atoms with E-state index in [-0.39, 0.29) is 32.0 Å². The highest BCUT2D eigenvalue weighted by molar-refractivity contribution is 7.47. The van der Waals surface area contributed by atoms with Crippen molar-refractivity contribution >= 4 is 19.8 Å². The van der Waals surface area contributed by atoms with Crippen LogP contribution in [0.2, 0.25) is 0 Å². The molecule has 0 aromatic carbocycles. The molecule has 0 fully saturated rings. The first-order valence-corrected chi connectivity index (χ1v) is 19.2. The van der Waals surface area contributed by atoms with Gasteiger partial charge in [0.05, 0.1) is 27.7 Å². The van der Waals surface area contributed by atoms with Crippen LogP contribution in [0.3, 0.4) is 0 Å². The first-order chi connectivity index (χ1) is 22.0. The van der Waals surface area contributed by atoms with E-state index in [1.165, 1.54) is 51.4 Å². The van der Waals surface area contributed by atoms with Gasteiger partial charge in [0, 0.05) is 40.3 Å². The number of unbranched alkanes of at least 4 members (excludes halogenated alkanes) is 16. The summed E-state index contributed by atoms with van der Waals surface area (Å²) in [6.07, 6.45) is 19.2. The van der Waals surface area contributed by atoms with Gasteiger partial charge in [0.1, 0.15) is 19.8 Å². The summed E-state index contributed by atoms with van der Waals surface area (Å²) in [5, 5.41) is 0. The maximum atomic E-state index is 12.6. The summed E-state index contributed by atoms with van der Waals surface area (Å²) in [4.78, 5) is 35.0. The molecular weight excluding hydrogens is 613 g/mol. The van der Waals surface area contributed by atoms with Gasteiger partial charge >= 0.3 is 19.8 Å². The second kappa shape index (κ2) is 30.0. The maximum Gasteiger partial charge on any atom is 0.472 e. The van der Waals surface area contributed by atoms with Gasteiger partial charge < -0.3 is 28.3 Å². The molecule has 0 aliphatic carbocycles. The number of phosphoric ester groups is 1. The van der Waals surface area contributed by atoms with Gasteiger partial charge in [-0.3, -0.25) is 18.6 Å². The normalized spacial score (nSPS) is 13.8. The lowest BCUT2D eigenvalue weighted by atomic mass is 10.1. The second-order valence-corrected chi connectivity index (χ2v) is 14.7. The molecule has 274 valence electrons. The van der Waals surface area contributed by atoms with Crippen molar-refractivity contribution in [3.05, 3.63) is 0 Å². The first kappa shape index (κ1) is 44.9. The lowest BCUT2D eigenvalue weighted by Crippen LogP contribution is -2.37. The van der Waals surface area contributed by atoms with Gasteiger partial charge in [0.15, 0.2) is 6.10 Å². The smallest absolute Gasteiger partial charge is 0.462 e. The van der Waals surface area contributed by atoms with Crippen LogP contribution in [0.5, 0.6) is 0 Å². The molecule has 0 amide bonds. The van der Waals surface area contributed by atoms with Gasteiger partial charge in [0.2, 0.25) is 0 Å². The molecule has 0 spiro atoms. The second-order valence-electron chi connectivity index (χ2n) is 13.3. The summed E-state index contributed by atoms with van der Waals surface area (Å²) >= 11 is 0. The number of hydrogen-bond donors (Lipinski definition) is 1. The van der Waals surface area contributed by atoms with E-state index in [1.807, 2.05) is 21.1 Å². The Balaban J connectivity index is 4.44. The highest BCUT2D eigenvalue weighted by atomic mass is 31.2. The van der Waals surface area contributed by atoms with Crippen LogP contribution in [0.1, 0.15) is 128 Å². The van der Waals surface area contributed by atoms with Crippen molar-refractivity contribution in [3.8, 4) is 0 Å². The fourth-order valence-corrected chi connectivity index (χ4v) is 5.51. The third-order valence-corrected chi connectivity index (χ3v) is 8.61. The van der Waals surface area contributed by atoms with Crippen molar-refractivity contribution in [3.63, 3.8) is 0 Å². The topological polar surface area (TPSA) is 127 Å². The zero-order valence-corrected chi connectivity index (χ0v) is 30.9. The Kier molecular flexibility index (Phi) is 29.3. The lowest BCUT2D eigenvalue weighted by molar-refractivity contribution is -0.870. The van der Waals surface area contributed by atoms with Gasteiger partial charge in [0.25, 0.3) is 0 Å². The average molecular weight is 683 g/mol. The molecule has 2 atom stereocenters. The molecule has 0 saturated carbocycles. The largest absolute Gasteiger partial charge is 0.472 e. The fourth-order valence-electron chi connectivity index (χ4n) is 4.77. The molecule has 0 radical (unpaired) electrons. The van der Waals surface area contributed by atoms with E-state index in [4.69, 9.17) is 28.0 Å². The fraction of sp³-hybridized carbons (Fsp3) is 0.941. The first-order valence-electron chi connectivity index (χ1n) is 17.7. The molecule has 0 rings (SSSR count). The summed E-state index contributed by atoms with van der Waals surface area (Å²) in [7, 11) is 4.92. The van der Waals surface area contributed by atoms with Crippen molar-refractivity contribution in [2.45, 2.75) is 135 Å². The number of likely N-dealkylation sites (N-methyl/N-ethyl adjacent to an activating group) is 1. The van der Waals surface area contributed by atoms with E-state index in [2.05, 4.69) is 0 Å². The molecular formula is C34H69NO10P+. The summed E-state index contributed by atoms with van der Waals surface area (Å²) < 4.78 is 44.2. The minimum absolute atomic E-state index is 0.0267. The van der Waals surface area contributed by atoms with Crippen LogP contribution in [-0.4, -0.2) is 102 Å². The standard InChI is InChI=1S/C34H68NO10P/c1-35(2,3)26-29-43-46(38,39)44-31-32(45-34(37)25-21-17-13-9-7-11-15-19-23-28-41-5)30-42-33(36)24-20-16-12-8-6-10-14-18-22-27-40-4/h32H,6-31H2,1-5H3/p+1/t32-/m1/s1. The number of esters is 2. The molecule has 0 bridgehead atoms. The Morgan fingerprint density at radius 2 is 1.00 bits per heavy atom. The third-order valence-electron chi connectivity index (χ3n) is 7.63. The SMILES string of the molecule is COCCCCCCCCCCCC(=O)OC[C@H](COP(=O)(O)OCC[N+](C)(C)C)OC(=O)CCCCCCCCCCCOC. The van der Waals surface area contributed by atoms with Crippen LogP contribution in [0.15, 0.2) is 0 Å². The molecule has 0 aliphatic rings.